The van der Waals surface area contributed by atoms with Crippen LogP contribution in [-0.4, -0.2) is 22.2 Å². The van der Waals surface area contributed by atoms with Gasteiger partial charge in [0, 0.05) is 24.6 Å². The van der Waals surface area contributed by atoms with Gasteiger partial charge in [-0.25, -0.2) is 0 Å². The second-order valence-corrected chi connectivity index (χ2v) is 9.30. The maximum atomic E-state index is 13.2. The van der Waals surface area contributed by atoms with E-state index in [0.29, 0.717) is 36.6 Å². The molecular formula is C24H22BrClF3N3O2. The highest BCUT2D eigenvalue weighted by Gasteiger charge is 2.41. The van der Waals surface area contributed by atoms with Gasteiger partial charge in [-0.15, -0.1) is 0 Å². The van der Waals surface area contributed by atoms with Crippen LogP contribution in [0.1, 0.15) is 52.5 Å². The van der Waals surface area contributed by atoms with Crippen LogP contribution in [0, 0.1) is 0 Å². The number of ether oxygens (including phenoxy) is 1. The van der Waals surface area contributed by atoms with Crippen molar-refractivity contribution in [2.45, 2.75) is 44.5 Å². The standard InChI is InChI=1S/C24H22BrClF3N3O2/c25-18-7-1-2-8-19(18)34-14-15-5-3-6-17(13-15)23(33)30-11-4-12-32-21(16-9-10-16)20(26)22(31-32)24(27,28)29/h1-3,5-8,13,16H,4,9-12,14H2,(H,30,33). The van der Waals surface area contributed by atoms with Crippen LogP contribution in [0.4, 0.5) is 13.2 Å². The van der Waals surface area contributed by atoms with E-state index in [9.17, 15) is 18.0 Å². The zero-order valence-electron chi connectivity index (χ0n) is 18.0. The van der Waals surface area contributed by atoms with Crippen molar-refractivity contribution in [3.05, 3.63) is 80.5 Å². The summed E-state index contributed by atoms with van der Waals surface area (Å²) in [6, 6.07) is 14.6. The normalized spacial score (nSPS) is 13.7. The fourth-order valence-electron chi connectivity index (χ4n) is 3.61. The molecule has 4 rings (SSSR count). The van der Waals surface area contributed by atoms with E-state index >= 15 is 0 Å². The fourth-order valence-corrected chi connectivity index (χ4v) is 4.41. The minimum absolute atomic E-state index is 0.0205. The maximum absolute atomic E-state index is 13.2. The number of halogens is 5. The first-order valence-electron chi connectivity index (χ1n) is 10.8. The Kier molecular flexibility index (Phi) is 7.52. The van der Waals surface area contributed by atoms with Crippen LogP contribution in [0.3, 0.4) is 0 Å². The molecule has 0 saturated heterocycles. The SMILES string of the molecule is O=C(NCCCn1nc(C(F)(F)F)c(Cl)c1C1CC1)c1cccc(COc2ccccc2Br)c1. The molecule has 1 aliphatic rings. The molecule has 0 radical (unpaired) electrons. The lowest BCUT2D eigenvalue weighted by molar-refractivity contribution is -0.141. The summed E-state index contributed by atoms with van der Waals surface area (Å²) in [5.74, 6) is 0.460. The highest BCUT2D eigenvalue weighted by Crippen LogP contribution is 2.46. The quantitative estimate of drug-likeness (QED) is 0.302. The average Bonchev–Trinajstić information content (AvgIpc) is 3.58. The molecule has 180 valence electrons. The van der Waals surface area contributed by atoms with Crippen LogP contribution in [0.15, 0.2) is 53.0 Å². The largest absolute Gasteiger partial charge is 0.488 e. The van der Waals surface area contributed by atoms with Gasteiger partial charge in [0.1, 0.15) is 12.4 Å². The van der Waals surface area contributed by atoms with Gasteiger partial charge < -0.3 is 10.1 Å². The molecule has 5 nitrogen and oxygen atoms in total. The first kappa shape index (κ1) is 24.6. The van der Waals surface area contributed by atoms with Crippen LogP contribution < -0.4 is 10.1 Å². The predicted octanol–water partition coefficient (Wildman–Crippen LogP) is 6.59. The Morgan fingerprint density at radius 3 is 2.68 bits per heavy atom. The van der Waals surface area contributed by atoms with Crippen molar-refractivity contribution in [3.63, 3.8) is 0 Å². The summed E-state index contributed by atoms with van der Waals surface area (Å²) >= 11 is 9.43. The van der Waals surface area contributed by atoms with E-state index in [0.717, 1.165) is 22.9 Å². The monoisotopic (exact) mass is 555 g/mol. The zero-order chi connectivity index (χ0) is 24.3. The van der Waals surface area contributed by atoms with Gasteiger partial charge in [-0.3, -0.25) is 9.48 Å². The van der Waals surface area contributed by atoms with Crippen LogP contribution in [-0.2, 0) is 19.3 Å². The summed E-state index contributed by atoms with van der Waals surface area (Å²) in [7, 11) is 0. The second-order valence-electron chi connectivity index (χ2n) is 8.07. The van der Waals surface area contributed by atoms with Gasteiger partial charge >= 0.3 is 6.18 Å². The van der Waals surface area contributed by atoms with E-state index in [2.05, 4.69) is 26.3 Å². The van der Waals surface area contributed by atoms with Gasteiger partial charge in [0.25, 0.3) is 5.91 Å². The van der Waals surface area contributed by atoms with Crippen LogP contribution >= 0.6 is 27.5 Å². The van der Waals surface area contributed by atoms with Crippen LogP contribution in [0.2, 0.25) is 5.02 Å². The van der Waals surface area contributed by atoms with Gasteiger partial charge in [-0.1, -0.05) is 35.9 Å². The third-order valence-corrected chi connectivity index (χ3v) is 6.44. The number of nitrogens with one attached hydrogen (secondary N) is 1. The van der Waals surface area contributed by atoms with Crippen molar-refractivity contribution in [1.29, 1.82) is 0 Å². The smallest absolute Gasteiger partial charge is 0.436 e. The highest BCUT2D eigenvalue weighted by molar-refractivity contribution is 9.10. The number of benzene rings is 2. The molecule has 1 aromatic heterocycles. The molecule has 0 unspecified atom stereocenters. The first-order valence-corrected chi connectivity index (χ1v) is 12.0. The molecule has 1 amide bonds. The van der Waals surface area contributed by atoms with E-state index in [-0.39, 0.29) is 23.4 Å². The van der Waals surface area contributed by atoms with Gasteiger partial charge in [0.15, 0.2) is 5.69 Å². The van der Waals surface area contributed by atoms with Crippen molar-refractivity contribution in [1.82, 2.24) is 15.1 Å². The Morgan fingerprint density at radius 1 is 1.21 bits per heavy atom. The molecule has 1 heterocycles. The molecule has 1 saturated carbocycles. The first-order chi connectivity index (χ1) is 16.2. The van der Waals surface area contributed by atoms with Crippen molar-refractivity contribution in [2.75, 3.05) is 6.54 Å². The summed E-state index contributed by atoms with van der Waals surface area (Å²) in [6.07, 6.45) is -2.56. The molecule has 0 aliphatic heterocycles. The number of amides is 1. The maximum Gasteiger partial charge on any atom is 0.436 e. The minimum atomic E-state index is -4.59. The van der Waals surface area contributed by atoms with Gasteiger partial charge in [-0.05, 0) is 65.0 Å². The number of carbonyl (C=O) groups is 1. The number of aryl methyl sites for hydroxylation is 1. The predicted molar refractivity (Wildman–Crippen MR) is 126 cm³/mol. The molecule has 3 aromatic rings. The minimum Gasteiger partial charge on any atom is -0.488 e. The lowest BCUT2D eigenvalue weighted by atomic mass is 10.1. The molecular weight excluding hydrogens is 535 g/mol. The third kappa shape index (κ3) is 5.93. The van der Waals surface area contributed by atoms with Crippen LogP contribution in [0.25, 0.3) is 0 Å². The summed E-state index contributed by atoms with van der Waals surface area (Å²) in [5.41, 5.74) is 0.719. The Hall–Kier alpha value is -2.52. The molecule has 1 N–H and O–H groups in total. The van der Waals surface area contributed by atoms with E-state index < -0.39 is 11.9 Å². The molecule has 1 aliphatic carbocycles. The topological polar surface area (TPSA) is 56.2 Å². The Balaban J connectivity index is 1.31. The Bertz CT molecular complexity index is 1180. The molecule has 34 heavy (non-hydrogen) atoms. The Morgan fingerprint density at radius 2 is 1.97 bits per heavy atom. The van der Waals surface area contributed by atoms with Crippen molar-refractivity contribution < 1.29 is 22.7 Å². The van der Waals surface area contributed by atoms with E-state index in [4.69, 9.17) is 16.3 Å². The Labute approximate surface area is 208 Å². The number of carbonyl (C=O) groups excluding carboxylic acids is 1. The van der Waals surface area contributed by atoms with E-state index in [1.165, 1.54) is 4.68 Å². The van der Waals surface area contributed by atoms with Crippen LogP contribution in [0.5, 0.6) is 5.75 Å². The van der Waals surface area contributed by atoms with Gasteiger partial charge in [-0.2, -0.15) is 18.3 Å². The summed E-state index contributed by atoms with van der Waals surface area (Å²) in [6.45, 7) is 0.830. The molecule has 0 atom stereocenters. The molecule has 2 aromatic carbocycles. The second kappa shape index (κ2) is 10.4. The number of hydrogen-bond acceptors (Lipinski definition) is 3. The van der Waals surface area contributed by atoms with E-state index in [1.807, 2.05) is 30.3 Å². The number of hydrogen-bond donors (Lipinski definition) is 1. The summed E-state index contributed by atoms with van der Waals surface area (Å²) < 4.78 is 47.5. The number of aromatic nitrogens is 2. The number of para-hydroxylation sites is 1. The van der Waals surface area contributed by atoms with E-state index in [1.54, 1.807) is 18.2 Å². The third-order valence-electron chi connectivity index (χ3n) is 5.42. The summed E-state index contributed by atoms with van der Waals surface area (Å²) in [4.78, 5) is 12.6. The average molecular weight is 557 g/mol. The fraction of sp³-hybridized carbons (Fsp3) is 0.333. The molecule has 0 spiro atoms. The number of rotatable bonds is 9. The zero-order valence-corrected chi connectivity index (χ0v) is 20.4. The van der Waals surface area contributed by atoms with Crippen molar-refractivity contribution >= 4 is 33.4 Å². The molecule has 1 fully saturated rings. The van der Waals surface area contributed by atoms with Gasteiger partial charge in [0.05, 0.1) is 15.2 Å². The summed E-state index contributed by atoms with van der Waals surface area (Å²) in [5, 5.41) is 6.22. The highest BCUT2D eigenvalue weighted by atomic mass is 79.9. The van der Waals surface area contributed by atoms with Gasteiger partial charge in [0.2, 0.25) is 0 Å². The van der Waals surface area contributed by atoms with Crippen molar-refractivity contribution in [3.8, 4) is 5.75 Å². The number of nitrogens with zero attached hydrogens (tertiary/aromatic N) is 2. The van der Waals surface area contributed by atoms with Crippen molar-refractivity contribution in [2.24, 2.45) is 0 Å². The molecule has 10 heteroatoms. The lowest BCUT2D eigenvalue weighted by Gasteiger charge is -2.10. The molecule has 0 bridgehead atoms. The number of alkyl halides is 3. The lowest BCUT2D eigenvalue weighted by Crippen LogP contribution is -2.25.